The van der Waals surface area contributed by atoms with Crippen LogP contribution in [-0.2, 0) is 9.53 Å². The van der Waals surface area contributed by atoms with Crippen LogP contribution in [0.15, 0.2) is 46.0 Å². The van der Waals surface area contributed by atoms with Gasteiger partial charge in [-0.15, -0.1) is 0 Å². The number of esters is 2. The number of hydrogen-bond donors (Lipinski definition) is 3. The van der Waals surface area contributed by atoms with Gasteiger partial charge in [0.15, 0.2) is 0 Å². The Morgan fingerprint density at radius 2 is 1.74 bits per heavy atom. The standard InChI is InChI=1S/C14H11N3O6/c18-10-6-9(16-14(22)17-10)13(21)23-11(19)7-15-12(20)8-4-2-1-3-5-8/h1-6H,7H2,(H,15,20)(H2,16,17,18,22). The maximum Gasteiger partial charge on any atom is 0.362 e. The smallest absolute Gasteiger partial charge is 0.362 e. The van der Waals surface area contributed by atoms with Crippen molar-refractivity contribution in [2.45, 2.75) is 0 Å². The maximum absolute atomic E-state index is 11.7. The molecule has 0 fully saturated rings. The normalized spacial score (nSPS) is 9.91. The Kier molecular flexibility index (Phi) is 4.82. The predicted octanol–water partition coefficient (Wildman–Crippen LogP) is -0.823. The second-order valence-electron chi connectivity index (χ2n) is 4.31. The average molecular weight is 317 g/mol. The molecule has 9 heteroatoms. The summed E-state index contributed by atoms with van der Waals surface area (Å²) < 4.78 is 4.42. The van der Waals surface area contributed by atoms with E-state index in [0.29, 0.717) is 5.56 Å². The van der Waals surface area contributed by atoms with Crippen LogP contribution in [0.25, 0.3) is 0 Å². The third-order valence-corrected chi connectivity index (χ3v) is 2.62. The minimum absolute atomic E-state index is 0.338. The summed E-state index contributed by atoms with van der Waals surface area (Å²) in [4.78, 5) is 60.7. The summed E-state index contributed by atoms with van der Waals surface area (Å²) in [6.07, 6.45) is 0. The van der Waals surface area contributed by atoms with E-state index >= 15 is 0 Å². The molecule has 23 heavy (non-hydrogen) atoms. The largest absolute Gasteiger partial charge is 0.387 e. The molecule has 1 heterocycles. The molecule has 0 bridgehead atoms. The van der Waals surface area contributed by atoms with E-state index in [1.54, 1.807) is 30.3 Å². The van der Waals surface area contributed by atoms with Gasteiger partial charge in [0.1, 0.15) is 12.2 Å². The predicted molar refractivity (Wildman–Crippen MR) is 76.9 cm³/mol. The number of carbonyl (C=O) groups is 3. The first-order chi connectivity index (χ1) is 11.0. The number of ether oxygens (including phenoxy) is 1. The number of nitrogens with one attached hydrogen (secondary N) is 3. The topological polar surface area (TPSA) is 138 Å². The molecule has 0 aliphatic rings. The van der Waals surface area contributed by atoms with Crippen LogP contribution in [0.2, 0.25) is 0 Å². The summed E-state index contributed by atoms with van der Waals surface area (Å²) in [5.74, 6) is -2.76. The molecule has 118 valence electrons. The fourth-order valence-electron chi connectivity index (χ4n) is 1.62. The number of amides is 1. The van der Waals surface area contributed by atoms with Crippen molar-refractivity contribution in [2.75, 3.05) is 6.54 Å². The first-order valence-corrected chi connectivity index (χ1v) is 6.37. The Bertz CT molecular complexity index is 824. The summed E-state index contributed by atoms with van der Waals surface area (Å²) in [6, 6.07) is 8.91. The van der Waals surface area contributed by atoms with Crippen LogP contribution in [0.5, 0.6) is 0 Å². The Morgan fingerprint density at radius 3 is 2.39 bits per heavy atom. The third-order valence-electron chi connectivity index (χ3n) is 2.62. The van der Waals surface area contributed by atoms with E-state index in [0.717, 1.165) is 6.07 Å². The van der Waals surface area contributed by atoms with Crippen molar-refractivity contribution in [3.63, 3.8) is 0 Å². The number of aromatic nitrogens is 2. The summed E-state index contributed by atoms with van der Waals surface area (Å²) in [6.45, 7) is -0.549. The molecule has 0 spiro atoms. The summed E-state index contributed by atoms with van der Waals surface area (Å²) in [7, 11) is 0. The van der Waals surface area contributed by atoms with E-state index in [1.165, 1.54) is 0 Å². The van der Waals surface area contributed by atoms with Crippen molar-refractivity contribution in [2.24, 2.45) is 0 Å². The summed E-state index contributed by atoms with van der Waals surface area (Å²) >= 11 is 0. The highest BCUT2D eigenvalue weighted by Gasteiger charge is 2.16. The monoisotopic (exact) mass is 317 g/mol. The second kappa shape index (κ2) is 6.98. The van der Waals surface area contributed by atoms with Crippen LogP contribution < -0.4 is 16.6 Å². The molecule has 1 aromatic carbocycles. The Hall–Kier alpha value is -3.49. The molecule has 0 aliphatic heterocycles. The van der Waals surface area contributed by atoms with Gasteiger partial charge in [-0.3, -0.25) is 14.6 Å². The van der Waals surface area contributed by atoms with Gasteiger partial charge in [-0.1, -0.05) is 18.2 Å². The van der Waals surface area contributed by atoms with Gasteiger partial charge in [0.05, 0.1) is 0 Å². The lowest BCUT2D eigenvalue weighted by Gasteiger charge is -2.05. The van der Waals surface area contributed by atoms with Gasteiger partial charge in [0.2, 0.25) is 0 Å². The van der Waals surface area contributed by atoms with Crippen LogP contribution in [0.3, 0.4) is 0 Å². The molecular formula is C14H11N3O6. The van der Waals surface area contributed by atoms with Crippen molar-refractivity contribution in [1.29, 1.82) is 0 Å². The molecule has 2 rings (SSSR count). The van der Waals surface area contributed by atoms with Crippen molar-refractivity contribution in [3.8, 4) is 0 Å². The van der Waals surface area contributed by atoms with Crippen molar-refractivity contribution in [3.05, 3.63) is 68.5 Å². The molecular weight excluding hydrogens is 306 g/mol. The maximum atomic E-state index is 11.7. The molecule has 2 aromatic rings. The van der Waals surface area contributed by atoms with Gasteiger partial charge in [0.25, 0.3) is 11.5 Å². The summed E-state index contributed by atoms with van der Waals surface area (Å²) in [5, 5.41) is 2.27. The lowest BCUT2D eigenvalue weighted by Crippen LogP contribution is -2.32. The van der Waals surface area contributed by atoms with E-state index in [2.05, 4.69) is 10.1 Å². The second-order valence-corrected chi connectivity index (χ2v) is 4.31. The van der Waals surface area contributed by atoms with E-state index in [4.69, 9.17) is 0 Å². The SMILES string of the molecule is O=C(CNC(=O)c1ccccc1)OC(=O)c1cc(=O)[nH]c(=O)[nH]1. The zero-order chi connectivity index (χ0) is 16.8. The molecule has 0 saturated heterocycles. The lowest BCUT2D eigenvalue weighted by molar-refractivity contribution is -0.136. The molecule has 0 atom stereocenters. The number of hydrogen-bond acceptors (Lipinski definition) is 6. The number of H-pyrrole nitrogens is 2. The number of rotatable bonds is 4. The molecule has 3 N–H and O–H groups in total. The zero-order valence-corrected chi connectivity index (χ0v) is 11.6. The summed E-state index contributed by atoms with van der Waals surface area (Å²) in [5.41, 5.74) is -1.85. The average Bonchev–Trinajstić information content (AvgIpc) is 2.52. The van der Waals surface area contributed by atoms with Crippen LogP contribution in [-0.4, -0.2) is 34.4 Å². The fourth-order valence-corrected chi connectivity index (χ4v) is 1.62. The third kappa shape index (κ3) is 4.49. The molecule has 1 amide bonds. The van der Waals surface area contributed by atoms with Gasteiger partial charge in [0, 0.05) is 11.6 Å². The quantitative estimate of drug-likeness (QED) is 0.497. The molecule has 0 saturated carbocycles. The van der Waals surface area contributed by atoms with Crippen LogP contribution >= 0.6 is 0 Å². The Labute approximate surface area is 128 Å². The van der Waals surface area contributed by atoms with Gasteiger partial charge < -0.3 is 15.0 Å². The highest BCUT2D eigenvalue weighted by Crippen LogP contribution is 1.98. The Balaban J connectivity index is 1.92. The highest BCUT2D eigenvalue weighted by atomic mass is 16.6. The van der Waals surface area contributed by atoms with Gasteiger partial charge in [-0.05, 0) is 12.1 Å². The van der Waals surface area contributed by atoms with Crippen LogP contribution in [0.4, 0.5) is 0 Å². The highest BCUT2D eigenvalue weighted by molar-refractivity contribution is 5.99. The molecule has 1 aromatic heterocycles. The lowest BCUT2D eigenvalue weighted by atomic mass is 10.2. The molecule has 0 aliphatic carbocycles. The van der Waals surface area contributed by atoms with Crippen molar-refractivity contribution >= 4 is 17.8 Å². The molecule has 9 nitrogen and oxygen atoms in total. The van der Waals surface area contributed by atoms with Crippen molar-refractivity contribution < 1.29 is 19.1 Å². The van der Waals surface area contributed by atoms with Crippen molar-refractivity contribution in [1.82, 2.24) is 15.3 Å². The molecule has 0 unspecified atom stereocenters. The number of benzene rings is 1. The van der Waals surface area contributed by atoms with Crippen LogP contribution in [0, 0.1) is 0 Å². The van der Waals surface area contributed by atoms with Crippen LogP contribution in [0.1, 0.15) is 20.8 Å². The van der Waals surface area contributed by atoms with E-state index in [1.807, 2.05) is 9.97 Å². The van der Waals surface area contributed by atoms with Gasteiger partial charge in [-0.2, -0.15) is 0 Å². The first-order valence-electron chi connectivity index (χ1n) is 6.37. The molecule has 0 radical (unpaired) electrons. The van der Waals surface area contributed by atoms with E-state index in [-0.39, 0.29) is 0 Å². The Morgan fingerprint density at radius 1 is 1.04 bits per heavy atom. The zero-order valence-electron chi connectivity index (χ0n) is 11.6. The minimum Gasteiger partial charge on any atom is -0.387 e. The van der Waals surface area contributed by atoms with Gasteiger partial charge >= 0.3 is 17.6 Å². The number of carbonyl (C=O) groups excluding carboxylic acids is 3. The van der Waals surface area contributed by atoms with E-state index in [9.17, 15) is 24.0 Å². The van der Waals surface area contributed by atoms with Gasteiger partial charge in [-0.25, -0.2) is 14.4 Å². The van der Waals surface area contributed by atoms with E-state index < -0.39 is 41.3 Å². The minimum atomic E-state index is -1.20. The number of aromatic amines is 2. The fraction of sp³-hybridized carbons (Fsp3) is 0.0714. The first kappa shape index (κ1) is 15.9.